The van der Waals surface area contributed by atoms with E-state index in [0.717, 1.165) is 6.54 Å². The van der Waals surface area contributed by atoms with Crippen molar-refractivity contribution >= 4 is 0 Å². The zero-order chi connectivity index (χ0) is 15.4. The average Bonchev–Trinajstić information content (AvgIpc) is 3.01. The maximum Gasteiger partial charge on any atom is 0.129 e. The molecule has 2 atom stereocenters. The molecule has 5 nitrogen and oxygen atoms in total. The molecule has 0 radical (unpaired) electrons. The van der Waals surface area contributed by atoms with Crippen LogP contribution in [0.2, 0.25) is 0 Å². The number of halogens is 1. The Bertz CT molecular complexity index is 591. The summed E-state index contributed by atoms with van der Waals surface area (Å²) in [5.41, 5.74) is 0.345. The van der Waals surface area contributed by atoms with Crippen molar-refractivity contribution in [3.05, 3.63) is 54.1 Å². The molecule has 1 N–H and O–H groups in total. The monoisotopic (exact) mass is 305 g/mol. The Morgan fingerprint density at radius 2 is 2.23 bits per heavy atom. The molecule has 0 aliphatic carbocycles. The van der Waals surface area contributed by atoms with Crippen molar-refractivity contribution < 1.29 is 14.2 Å². The zero-order valence-electron chi connectivity index (χ0n) is 12.3. The first kappa shape index (κ1) is 15.1. The molecule has 1 aromatic heterocycles. The van der Waals surface area contributed by atoms with Gasteiger partial charge < -0.3 is 9.84 Å². The van der Waals surface area contributed by atoms with E-state index in [1.807, 2.05) is 16.9 Å². The van der Waals surface area contributed by atoms with E-state index in [2.05, 4.69) is 10.00 Å². The topological polar surface area (TPSA) is 50.5 Å². The van der Waals surface area contributed by atoms with Crippen LogP contribution in [0.1, 0.15) is 11.7 Å². The molecule has 0 unspecified atom stereocenters. The van der Waals surface area contributed by atoms with Gasteiger partial charge in [0.1, 0.15) is 5.82 Å². The van der Waals surface area contributed by atoms with Gasteiger partial charge in [-0.1, -0.05) is 18.2 Å². The van der Waals surface area contributed by atoms with Crippen LogP contribution >= 0.6 is 0 Å². The lowest BCUT2D eigenvalue weighted by molar-refractivity contribution is -0.0488. The van der Waals surface area contributed by atoms with Crippen molar-refractivity contribution in [1.82, 2.24) is 14.7 Å². The van der Waals surface area contributed by atoms with Gasteiger partial charge in [0, 0.05) is 37.6 Å². The summed E-state index contributed by atoms with van der Waals surface area (Å²) in [6.07, 6.45) is 2.84. The Morgan fingerprint density at radius 3 is 3.00 bits per heavy atom. The summed E-state index contributed by atoms with van der Waals surface area (Å²) in [5, 5.41) is 14.4. The third kappa shape index (κ3) is 3.71. The molecule has 1 fully saturated rings. The van der Waals surface area contributed by atoms with Crippen LogP contribution in [0.5, 0.6) is 0 Å². The van der Waals surface area contributed by atoms with Crippen LogP contribution in [-0.4, -0.2) is 52.1 Å². The number of benzene rings is 1. The molecule has 6 heteroatoms. The Morgan fingerprint density at radius 1 is 1.36 bits per heavy atom. The van der Waals surface area contributed by atoms with E-state index < -0.39 is 6.10 Å². The predicted molar refractivity (Wildman–Crippen MR) is 79.8 cm³/mol. The van der Waals surface area contributed by atoms with E-state index in [4.69, 9.17) is 4.74 Å². The molecule has 1 aromatic carbocycles. The summed E-state index contributed by atoms with van der Waals surface area (Å²) in [5.74, 6) is -0.364. The highest BCUT2D eigenvalue weighted by Crippen LogP contribution is 2.19. The maximum absolute atomic E-state index is 13.7. The molecule has 0 saturated carbocycles. The smallest absolute Gasteiger partial charge is 0.129 e. The maximum atomic E-state index is 13.7. The molecule has 2 heterocycles. The highest BCUT2D eigenvalue weighted by atomic mass is 19.1. The van der Waals surface area contributed by atoms with Gasteiger partial charge in [-0.25, -0.2) is 4.39 Å². The van der Waals surface area contributed by atoms with Crippen molar-refractivity contribution in [2.75, 3.05) is 26.2 Å². The average molecular weight is 305 g/mol. The van der Waals surface area contributed by atoms with Gasteiger partial charge in [0.15, 0.2) is 0 Å². The molecular formula is C16H20FN3O2. The van der Waals surface area contributed by atoms with Crippen LogP contribution in [0, 0.1) is 5.82 Å². The first-order valence-electron chi connectivity index (χ1n) is 7.46. The molecule has 118 valence electrons. The molecule has 1 saturated heterocycles. The van der Waals surface area contributed by atoms with Crippen LogP contribution in [0.15, 0.2) is 42.7 Å². The second-order valence-electron chi connectivity index (χ2n) is 5.52. The molecule has 0 spiro atoms. The van der Waals surface area contributed by atoms with E-state index in [-0.39, 0.29) is 11.9 Å². The van der Waals surface area contributed by atoms with E-state index in [0.29, 0.717) is 31.8 Å². The lowest BCUT2D eigenvalue weighted by Gasteiger charge is -2.34. The second kappa shape index (κ2) is 7.00. The van der Waals surface area contributed by atoms with Gasteiger partial charge in [0.25, 0.3) is 0 Å². The highest BCUT2D eigenvalue weighted by molar-refractivity contribution is 5.20. The number of aliphatic hydroxyl groups is 1. The van der Waals surface area contributed by atoms with Gasteiger partial charge >= 0.3 is 0 Å². The lowest BCUT2D eigenvalue weighted by atomic mass is 10.1. The number of β-amino-alcohol motifs (C(OH)–C–C–N with tert-alkyl or cyclic N) is 1. The van der Waals surface area contributed by atoms with Gasteiger partial charge in [0.2, 0.25) is 0 Å². The van der Waals surface area contributed by atoms with Crippen LogP contribution in [0.4, 0.5) is 4.39 Å². The minimum Gasteiger partial charge on any atom is -0.387 e. The van der Waals surface area contributed by atoms with Crippen molar-refractivity contribution in [3.8, 4) is 0 Å². The minimum atomic E-state index is -0.829. The van der Waals surface area contributed by atoms with Gasteiger partial charge in [-0.05, 0) is 12.1 Å². The molecule has 3 rings (SSSR count). The quantitative estimate of drug-likeness (QED) is 0.908. The Balaban J connectivity index is 1.57. The van der Waals surface area contributed by atoms with E-state index in [9.17, 15) is 9.50 Å². The number of morpholine rings is 1. The van der Waals surface area contributed by atoms with Crippen molar-refractivity contribution in [1.29, 1.82) is 0 Å². The number of hydrogen-bond acceptors (Lipinski definition) is 4. The predicted octanol–water partition coefficient (Wildman–Crippen LogP) is 1.46. The number of aliphatic hydroxyl groups excluding tert-OH is 1. The first-order chi connectivity index (χ1) is 10.7. The Kier molecular flexibility index (Phi) is 4.82. The van der Waals surface area contributed by atoms with Crippen LogP contribution in [0.3, 0.4) is 0 Å². The van der Waals surface area contributed by atoms with Gasteiger partial charge in [0.05, 0.1) is 25.4 Å². The molecule has 1 aliphatic heterocycles. The van der Waals surface area contributed by atoms with Crippen molar-refractivity contribution in [3.63, 3.8) is 0 Å². The third-order valence-electron chi connectivity index (χ3n) is 3.87. The molecule has 1 aliphatic rings. The zero-order valence-corrected chi connectivity index (χ0v) is 12.3. The standard InChI is InChI=1S/C16H20FN3O2/c17-15-5-2-1-4-14(15)16(21)12-19-8-9-22-13(10-19)11-20-7-3-6-18-20/h1-7,13,16,21H,8-12H2/t13-,16-/m0/s1. The number of nitrogens with zero attached hydrogens (tertiary/aromatic N) is 3. The summed E-state index contributed by atoms with van der Waals surface area (Å²) in [6.45, 7) is 3.13. The largest absolute Gasteiger partial charge is 0.387 e. The van der Waals surface area contributed by atoms with Crippen LogP contribution < -0.4 is 0 Å². The second-order valence-corrected chi connectivity index (χ2v) is 5.52. The van der Waals surface area contributed by atoms with Gasteiger partial charge in [-0.15, -0.1) is 0 Å². The first-order valence-corrected chi connectivity index (χ1v) is 7.46. The molecule has 22 heavy (non-hydrogen) atoms. The molecule has 0 amide bonds. The number of aromatic nitrogens is 2. The number of ether oxygens (including phenoxy) is 1. The summed E-state index contributed by atoms with van der Waals surface area (Å²) in [7, 11) is 0. The van der Waals surface area contributed by atoms with Crippen molar-refractivity contribution in [2.24, 2.45) is 0 Å². The summed E-state index contributed by atoms with van der Waals surface area (Å²) in [6, 6.07) is 8.24. The molecule has 0 bridgehead atoms. The van der Waals surface area contributed by atoms with Gasteiger partial charge in [-0.3, -0.25) is 9.58 Å². The number of rotatable bonds is 5. The summed E-state index contributed by atoms with van der Waals surface area (Å²) in [4.78, 5) is 2.11. The fourth-order valence-electron chi connectivity index (χ4n) is 2.76. The molecular weight excluding hydrogens is 285 g/mol. The molecule has 2 aromatic rings. The normalized spacial score (nSPS) is 20.9. The summed E-state index contributed by atoms with van der Waals surface area (Å²) < 4.78 is 21.3. The Labute approximate surface area is 128 Å². The third-order valence-corrected chi connectivity index (χ3v) is 3.87. The van der Waals surface area contributed by atoms with Gasteiger partial charge in [-0.2, -0.15) is 5.10 Å². The van der Waals surface area contributed by atoms with Crippen LogP contribution in [-0.2, 0) is 11.3 Å². The lowest BCUT2D eigenvalue weighted by Crippen LogP contribution is -2.45. The summed E-state index contributed by atoms with van der Waals surface area (Å²) >= 11 is 0. The minimum absolute atomic E-state index is 0.0291. The van der Waals surface area contributed by atoms with E-state index >= 15 is 0 Å². The van der Waals surface area contributed by atoms with Crippen LogP contribution in [0.25, 0.3) is 0 Å². The Hall–Kier alpha value is -1.76. The van der Waals surface area contributed by atoms with Crippen molar-refractivity contribution in [2.45, 2.75) is 18.8 Å². The van der Waals surface area contributed by atoms with E-state index in [1.54, 1.807) is 24.4 Å². The van der Waals surface area contributed by atoms with E-state index in [1.165, 1.54) is 6.07 Å². The SMILES string of the molecule is O[C@@H](CN1CCO[C@H](Cn2cccn2)C1)c1ccccc1F. The highest BCUT2D eigenvalue weighted by Gasteiger charge is 2.24. The fraction of sp³-hybridized carbons (Fsp3) is 0.438. The fourth-order valence-corrected chi connectivity index (χ4v) is 2.76. The number of hydrogen-bond donors (Lipinski definition) is 1.